The van der Waals surface area contributed by atoms with Gasteiger partial charge in [0.1, 0.15) is 5.82 Å². The predicted molar refractivity (Wildman–Crippen MR) is 54.3 cm³/mol. The molecule has 6 heteroatoms. The van der Waals surface area contributed by atoms with Gasteiger partial charge in [0.15, 0.2) is 5.82 Å². The van der Waals surface area contributed by atoms with Crippen LogP contribution in [0.2, 0.25) is 0 Å². The molecule has 0 aliphatic heterocycles. The Morgan fingerprint density at radius 1 is 1.40 bits per heavy atom. The Labute approximate surface area is 85.5 Å². The van der Waals surface area contributed by atoms with Crippen LogP contribution in [0.5, 0.6) is 0 Å². The topological polar surface area (TPSA) is 99.8 Å². The normalized spacial score (nSPS) is 10.1. The molecule has 2 rings (SSSR count). The molecule has 0 atom stereocenters. The molecule has 0 bridgehead atoms. The first-order valence-electron chi connectivity index (χ1n) is 4.24. The summed E-state index contributed by atoms with van der Waals surface area (Å²) in [5, 5.41) is 3.96. The summed E-state index contributed by atoms with van der Waals surface area (Å²) in [6.07, 6.45) is 3.15. The summed E-state index contributed by atoms with van der Waals surface area (Å²) < 4.78 is 1.47. The average Bonchev–Trinajstić information content (AvgIpc) is 2.65. The Morgan fingerprint density at radius 3 is 2.80 bits per heavy atom. The number of anilines is 1. The molecule has 0 radical (unpaired) electrons. The van der Waals surface area contributed by atoms with E-state index in [1.54, 1.807) is 24.4 Å². The first-order chi connectivity index (χ1) is 7.16. The minimum absolute atomic E-state index is 0.383. The zero-order valence-corrected chi connectivity index (χ0v) is 7.79. The molecule has 0 saturated carbocycles. The van der Waals surface area contributed by atoms with Crippen molar-refractivity contribution in [3.05, 3.63) is 36.2 Å². The van der Waals surface area contributed by atoms with Crippen molar-refractivity contribution < 1.29 is 4.79 Å². The quantitative estimate of drug-likeness (QED) is 0.714. The number of nitrogens with zero attached hydrogens (tertiary/aromatic N) is 3. The monoisotopic (exact) mass is 203 g/mol. The van der Waals surface area contributed by atoms with Gasteiger partial charge in [-0.1, -0.05) is 0 Å². The number of hydrogen-bond donors (Lipinski definition) is 2. The molecular weight excluding hydrogens is 194 g/mol. The average molecular weight is 203 g/mol. The largest absolute Gasteiger partial charge is 0.382 e. The Bertz CT molecular complexity index is 505. The molecule has 15 heavy (non-hydrogen) atoms. The van der Waals surface area contributed by atoms with Crippen molar-refractivity contribution in [1.29, 1.82) is 0 Å². The van der Waals surface area contributed by atoms with E-state index in [1.165, 1.54) is 10.9 Å². The molecule has 2 heterocycles. The Balaban J connectivity index is 2.45. The maximum absolute atomic E-state index is 10.9. The smallest absolute Gasteiger partial charge is 0.248 e. The summed E-state index contributed by atoms with van der Waals surface area (Å²) in [7, 11) is 0. The second-order valence-corrected chi connectivity index (χ2v) is 2.95. The molecule has 0 unspecified atom stereocenters. The molecule has 0 fully saturated rings. The highest BCUT2D eigenvalue weighted by atomic mass is 16.1. The van der Waals surface area contributed by atoms with Gasteiger partial charge in [0, 0.05) is 24.0 Å². The van der Waals surface area contributed by atoms with E-state index in [1.807, 2.05) is 0 Å². The third-order valence-electron chi connectivity index (χ3n) is 1.87. The molecule has 0 spiro atoms. The summed E-state index contributed by atoms with van der Waals surface area (Å²) in [5.74, 6) is 0.392. The third kappa shape index (κ3) is 1.78. The number of nitrogens with two attached hydrogens (primary N) is 2. The molecule has 0 aliphatic carbocycles. The van der Waals surface area contributed by atoms with Gasteiger partial charge in [0.2, 0.25) is 5.91 Å². The number of rotatable bonds is 2. The van der Waals surface area contributed by atoms with E-state index >= 15 is 0 Å². The molecule has 6 nitrogen and oxygen atoms in total. The second kappa shape index (κ2) is 3.41. The van der Waals surface area contributed by atoms with Gasteiger partial charge < -0.3 is 11.5 Å². The first-order valence-corrected chi connectivity index (χ1v) is 4.24. The minimum Gasteiger partial charge on any atom is -0.382 e. The van der Waals surface area contributed by atoms with Crippen molar-refractivity contribution in [2.75, 3.05) is 5.73 Å². The van der Waals surface area contributed by atoms with Gasteiger partial charge in [-0.3, -0.25) is 4.79 Å². The number of aromatic nitrogens is 3. The van der Waals surface area contributed by atoms with Crippen LogP contribution < -0.4 is 11.5 Å². The lowest BCUT2D eigenvalue weighted by molar-refractivity contribution is 0.1000. The Kier molecular flexibility index (Phi) is 2.09. The van der Waals surface area contributed by atoms with Crippen molar-refractivity contribution in [3.8, 4) is 5.82 Å². The summed E-state index contributed by atoms with van der Waals surface area (Å²) in [6.45, 7) is 0. The van der Waals surface area contributed by atoms with Gasteiger partial charge in [0.05, 0.1) is 0 Å². The van der Waals surface area contributed by atoms with E-state index in [-0.39, 0.29) is 0 Å². The van der Waals surface area contributed by atoms with E-state index in [0.717, 1.165) is 0 Å². The lowest BCUT2D eigenvalue weighted by atomic mass is 10.2. The number of pyridine rings is 1. The van der Waals surface area contributed by atoms with Crippen molar-refractivity contribution in [3.63, 3.8) is 0 Å². The van der Waals surface area contributed by atoms with Crippen LogP contribution in [0.1, 0.15) is 10.4 Å². The molecule has 0 saturated heterocycles. The second-order valence-electron chi connectivity index (χ2n) is 2.95. The standard InChI is InChI=1S/C9H9N5O/c10-7-2-4-14(13-7)8-5-6(9(11)15)1-3-12-8/h1-5H,(H2,10,13)(H2,11,15). The number of hydrogen-bond acceptors (Lipinski definition) is 4. The van der Waals surface area contributed by atoms with Crippen molar-refractivity contribution in [2.24, 2.45) is 5.73 Å². The third-order valence-corrected chi connectivity index (χ3v) is 1.87. The van der Waals surface area contributed by atoms with E-state index in [4.69, 9.17) is 11.5 Å². The molecule has 0 aliphatic rings. The van der Waals surface area contributed by atoms with Crippen LogP contribution in [0.25, 0.3) is 5.82 Å². The fraction of sp³-hybridized carbons (Fsp3) is 0. The van der Waals surface area contributed by atoms with E-state index in [9.17, 15) is 4.79 Å². The highest BCUT2D eigenvalue weighted by Crippen LogP contribution is 2.07. The summed E-state index contributed by atoms with van der Waals surface area (Å²) >= 11 is 0. The minimum atomic E-state index is -0.501. The molecule has 2 aromatic rings. The summed E-state index contributed by atoms with van der Waals surface area (Å²) in [6, 6.07) is 4.73. The van der Waals surface area contributed by atoms with Crippen LogP contribution in [0, 0.1) is 0 Å². The molecule has 0 aromatic carbocycles. The fourth-order valence-corrected chi connectivity index (χ4v) is 1.16. The molecule has 4 N–H and O–H groups in total. The number of nitrogen functional groups attached to an aromatic ring is 1. The van der Waals surface area contributed by atoms with E-state index in [2.05, 4.69) is 10.1 Å². The Morgan fingerprint density at radius 2 is 2.20 bits per heavy atom. The summed E-state index contributed by atoms with van der Waals surface area (Å²) in [5.41, 5.74) is 11.0. The number of carbonyl (C=O) groups is 1. The highest BCUT2D eigenvalue weighted by Gasteiger charge is 2.04. The van der Waals surface area contributed by atoms with Gasteiger partial charge in [-0.05, 0) is 12.1 Å². The Hall–Kier alpha value is -2.37. The van der Waals surface area contributed by atoms with Crippen molar-refractivity contribution >= 4 is 11.7 Å². The zero-order valence-electron chi connectivity index (χ0n) is 7.79. The maximum Gasteiger partial charge on any atom is 0.248 e. The number of carbonyl (C=O) groups excluding carboxylic acids is 1. The highest BCUT2D eigenvalue weighted by molar-refractivity contribution is 5.93. The summed E-state index contributed by atoms with van der Waals surface area (Å²) in [4.78, 5) is 15.0. The lowest BCUT2D eigenvalue weighted by Gasteiger charge is -2.01. The van der Waals surface area contributed by atoms with Gasteiger partial charge >= 0.3 is 0 Å². The number of primary amides is 1. The maximum atomic E-state index is 10.9. The van der Waals surface area contributed by atoms with Crippen LogP contribution in [0.3, 0.4) is 0 Å². The predicted octanol–water partition coefficient (Wildman–Crippen LogP) is -0.0516. The van der Waals surface area contributed by atoms with Crippen LogP contribution in [0.15, 0.2) is 30.6 Å². The van der Waals surface area contributed by atoms with Crippen molar-refractivity contribution in [1.82, 2.24) is 14.8 Å². The molecule has 1 amide bonds. The van der Waals surface area contributed by atoms with Crippen LogP contribution in [-0.4, -0.2) is 20.7 Å². The van der Waals surface area contributed by atoms with Crippen LogP contribution in [-0.2, 0) is 0 Å². The zero-order chi connectivity index (χ0) is 10.8. The van der Waals surface area contributed by atoms with Gasteiger partial charge in [-0.2, -0.15) is 0 Å². The van der Waals surface area contributed by atoms with Crippen LogP contribution in [0.4, 0.5) is 5.82 Å². The first kappa shape index (κ1) is 9.20. The lowest BCUT2D eigenvalue weighted by Crippen LogP contribution is -2.12. The molecular formula is C9H9N5O. The van der Waals surface area contributed by atoms with Gasteiger partial charge in [0.25, 0.3) is 0 Å². The number of amides is 1. The molecule has 2 aromatic heterocycles. The molecule has 76 valence electrons. The van der Waals surface area contributed by atoms with Crippen molar-refractivity contribution in [2.45, 2.75) is 0 Å². The fourth-order valence-electron chi connectivity index (χ4n) is 1.16. The van der Waals surface area contributed by atoms with E-state index < -0.39 is 5.91 Å². The van der Waals surface area contributed by atoms with Gasteiger partial charge in [-0.15, -0.1) is 5.10 Å². The van der Waals surface area contributed by atoms with E-state index in [0.29, 0.717) is 17.2 Å². The SMILES string of the molecule is NC(=O)c1ccnc(-n2ccc(N)n2)c1. The van der Waals surface area contributed by atoms with Gasteiger partial charge in [-0.25, -0.2) is 9.67 Å². The van der Waals surface area contributed by atoms with Crippen LogP contribution >= 0.6 is 0 Å².